The van der Waals surface area contributed by atoms with Crippen LogP contribution in [0, 0.1) is 0 Å². The monoisotopic (exact) mass is 579 g/mol. The second-order valence-corrected chi connectivity index (χ2v) is 10.3. The summed E-state index contributed by atoms with van der Waals surface area (Å²) in [6.45, 7) is 7.82. The second kappa shape index (κ2) is 12.8. The Bertz CT molecular complexity index is 1190. The molecule has 0 unspecified atom stereocenters. The smallest absolute Gasteiger partial charge is 0.407 e. The molecule has 2 saturated heterocycles. The number of nitrogens with zero attached hydrogens (tertiary/aromatic N) is 6. The predicted octanol–water partition coefficient (Wildman–Crippen LogP) is 2.79. The lowest BCUT2D eigenvalue weighted by atomic mass is 9.97. The third kappa shape index (κ3) is 6.74. The molecule has 12 nitrogen and oxygen atoms in total. The highest BCUT2D eigenvalue weighted by Gasteiger charge is 2.35. The number of amides is 2. The molecule has 2 aliphatic heterocycles. The summed E-state index contributed by atoms with van der Waals surface area (Å²) in [5.74, 6) is 0.804. The van der Waals surface area contributed by atoms with E-state index in [4.69, 9.17) is 39.4 Å². The first kappa shape index (κ1) is 28.9. The van der Waals surface area contributed by atoms with Gasteiger partial charge in [-0.2, -0.15) is 0 Å². The third-order valence-electron chi connectivity index (χ3n) is 7.26. The number of carbonyl (C=O) groups excluding carboxylic acids is 2. The van der Waals surface area contributed by atoms with Gasteiger partial charge in [0.25, 0.3) is 5.91 Å². The summed E-state index contributed by atoms with van der Waals surface area (Å²) in [6, 6.07) is 3.87. The Kier molecular flexibility index (Phi) is 9.52. The molecule has 2 aromatic rings. The maximum absolute atomic E-state index is 13.0. The van der Waals surface area contributed by atoms with Gasteiger partial charge < -0.3 is 31.3 Å². The van der Waals surface area contributed by atoms with Gasteiger partial charge in [-0.05, 0) is 38.3 Å². The fraction of sp³-hybridized carbons (Fsp3) is 0.560. The Morgan fingerprint density at radius 2 is 1.79 bits per heavy atom. The molecule has 0 aliphatic carbocycles. The van der Waals surface area contributed by atoms with E-state index < -0.39 is 6.09 Å². The molecule has 0 spiro atoms. The molecule has 0 radical (unpaired) electrons. The number of hydrogen-bond acceptors (Lipinski definition) is 10. The van der Waals surface area contributed by atoms with E-state index >= 15 is 0 Å². The summed E-state index contributed by atoms with van der Waals surface area (Å²) < 4.78 is 4.87. The van der Waals surface area contributed by atoms with Crippen LogP contribution in [0.25, 0.3) is 0 Å². The predicted molar refractivity (Wildman–Crippen MR) is 151 cm³/mol. The zero-order valence-electron chi connectivity index (χ0n) is 22.2. The number of alkyl carbamates (subject to hydrolysis) is 1. The Morgan fingerprint density at radius 3 is 2.46 bits per heavy atom. The third-order valence-corrected chi connectivity index (χ3v) is 7.72. The highest BCUT2D eigenvalue weighted by atomic mass is 35.5. The van der Waals surface area contributed by atoms with Crippen molar-refractivity contribution in [1.82, 2.24) is 30.1 Å². The molecule has 2 amide bonds. The number of ether oxygens (including phenoxy) is 1. The summed E-state index contributed by atoms with van der Waals surface area (Å²) in [4.78, 5) is 44.0. The van der Waals surface area contributed by atoms with Crippen molar-refractivity contribution < 1.29 is 14.3 Å². The molecule has 1 atom stereocenters. The number of nitrogens with one attached hydrogen (secondary N) is 1. The van der Waals surface area contributed by atoms with Gasteiger partial charge in [-0.25, -0.2) is 19.7 Å². The Hall–Kier alpha value is -3.09. The SMILES string of the molecule is CCOC(=O)NCc1nc(Cl)c(N2CCN(C3CCN(C(=O)c4ccc(Cl)nc4N)CC3)[C@@H](CC)C2)nc1N. The summed E-state index contributed by atoms with van der Waals surface area (Å²) in [5.41, 5.74) is 12.9. The first-order chi connectivity index (χ1) is 18.7. The first-order valence-corrected chi connectivity index (χ1v) is 13.9. The number of piperidine rings is 1. The molecular formula is C25H35Cl2N9O3. The van der Waals surface area contributed by atoms with Crippen LogP contribution in [0.4, 0.5) is 22.2 Å². The molecule has 39 heavy (non-hydrogen) atoms. The number of pyridine rings is 1. The topological polar surface area (TPSA) is 156 Å². The quantitative estimate of drug-likeness (QED) is 0.416. The summed E-state index contributed by atoms with van der Waals surface area (Å²) in [5, 5.41) is 3.10. The molecule has 2 aliphatic rings. The van der Waals surface area contributed by atoms with E-state index in [1.54, 1.807) is 19.1 Å². The van der Waals surface area contributed by atoms with Crippen LogP contribution in [-0.2, 0) is 11.3 Å². The molecule has 14 heteroatoms. The molecule has 2 fully saturated rings. The van der Waals surface area contributed by atoms with Crippen molar-refractivity contribution in [2.24, 2.45) is 0 Å². The van der Waals surface area contributed by atoms with E-state index in [9.17, 15) is 9.59 Å². The van der Waals surface area contributed by atoms with Crippen LogP contribution >= 0.6 is 23.2 Å². The van der Waals surface area contributed by atoms with Crippen molar-refractivity contribution in [3.05, 3.63) is 33.7 Å². The lowest BCUT2D eigenvalue weighted by Gasteiger charge is -2.47. The minimum atomic E-state index is -0.554. The standard InChI is InChI=1S/C25H35Cl2N9O3/c1-3-15-14-35(23-20(27)31-18(22(29)33-23)13-30-25(38)39-4-2)11-12-36(15)16-7-9-34(10-8-16)24(37)17-5-6-19(26)32-21(17)28/h5-6,15-16H,3-4,7-14H2,1-2H3,(H2,28,32)(H2,29,33)(H,30,38)/t15-/m0/s1. The van der Waals surface area contributed by atoms with E-state index in [1.807, 2.05) is 4.90 Å². The zero-order chi connectivity index (χ0) is 28.1. The van der Waals surface area contributed by atoms with E-state index in [2.05, 4.69) is 37.0 Å². The van der Waals surface area contributed by atoms with Crippen LogP contribution in [0.15, 0.2) is 12.1 Å². The number of nitrogen functional groups attached to an aromatic ring is 2. The lowest BCUT2D eigenvalue weighted by Crippen LogP contribution is -2.58. The average molecular weight is 581 g/mol. The van der Waals surface area contributed by atoms with Crippen molar-refractivity contribution in [3.63, 3.8) is 0 Å². The largest absolute Gasteiger partial charge is 0.450 e. The molecule has 0 aromatic carbocycles. The summed E-state index contributed by atoms with van der Waals surface area (Å²) >= 11 is 12.4. The van der Waals surface area contributed by atoms with Crippen LogP contribution in [0.2, 0.25) is 10.3 Å². The average Bonchev–Trinajstić information content (AvgIpc) is 2.93. The van der Waals surface area contributed by atoms with Gasteiger partial charge in [0, 0.05) is 44.8 Å². The minimum absolute atomic E-state index is 0.0748. The van der Waals surface area contributed by atoms with Gasteiger partial charge in [-0.15, -0.1) is 0 Å². The van der Waals surface area contributed by atoms with Gasteiger partial charge in [0.05, 0.1) is 18.7 Å². The molecular weight excluding hydrogens is 545 g/mol. The van der Waals surface area contributed by atoms with Gasteiger partial charge in [-0.3, -0.25) is 9.69 Å². The molecule has 5 N–H and O–H groups in total. The number of nitrogens with two attached hydrogens (primary N) is 2. The van der Waals surface area contributed by atoms with Crippen LogP contribution < -0.4 is 21.7 Å². The molecule has 212 valence electrons. The van der Waals surface area contributed by atoms with Crippen molar-refractivity contribution in [1.29, 1.82) is 0 Å². The van der Waals surface area contributed by atoms with E-state index in [1.165, 1.54) is 0 Å². The van der Waals surface area contributed by atoms with Gasteiger partial charge in [0.2, 0.25) is 0 Å². The Labute approximate surface area is 238 Å². The number of hydrogen-bond donors (Lipinski definition) is 3. The zero-order valence-corrected chi connectivity index (χ0v) is 23.7. The minimum Gasteiger partial charge on any atom is -0.450 e. The van der Waals surface area contributed by atoms with Crippen molar-refractivity contribution in [2.75, 3.05) is 55.7 Å². The summed E-state index contributed by atoms with van der Waals surface area (Å²) in [6.07, 6.45) is 2.14. The number of piperazine rings is 1. The normalized spacial score (nSPS) is 18.7. The van der Waals surface area contributed by atoms with Crippen LogP contribution in [0.1, 0.15) is 49.2 Å². The highest BCUT2D eigenvalue weighted by Crippen LogP contribution is 2.30. The number of halogens is 2. The van der Waals surface area contributed by atoms with E-state index in [0.29, 0.717) is 36.2 Å². The van der Waals surface area contributed by atoms with Gasteiger partial charge in [0.15, 0.2) is 11.0 Å². The Morgan fingerprint density at radius 1 is 1.05 bits per heavy atom. The maximum atomic E-state index is 13.0. The fourth-order valence-electron chi connectivity index (χ4n) is 5.23. The molecule has 4 rings (SSSR count). The highest BCUT2D eigenvalue weighted by molar-refractivity contribution is 6.31. The summed E-state index contributed by atoms with van der Waals surface area (Å²) in [7, 11) is 0. The van der Waals surface area contributed by atoms with Crippen LogP contribution in [0.5, 0.6) is 0 Å². The molecule has 0 saturated carbocycles. The molecule has 2 aromatic heterocycles. The number of anilines is 3. The van der Waals surface area contributed by atoms with Crippen molar-refractivity contribution in [2.45, 2.75) is 51.7 Å². The first-order valence-electron chi connectivity index (χ1n) is 13.2. The van der Waals surface area contributed by atoms with Gasteiger partial charge in [-0.1, -0.05) is 30.1 Å². The van der Waals surface area contributed by atoms with Crippen LogP contribution in [0.3, 0.4) is 0 Å². The number of carbonyl (C=O) groups is 2. The number of aromatic nitrogens is 3. The van der Waals surface area contributed by atoms with E-state index in [-0.39, 0.29) is 47.0 Å². The Balaban J connectivity index is 1.36. The maximum Gasteiger partial charge on any atom is 0.407 e. The van der Waals surface area contributed by atoms with Gasteiger partial charge >= 0.3 is 6.09 Å². The van der Waals surface area contributed by atoms with Crippen molar-refractivity contribution >= 4 is 52.7 Å². The molecule has 0 bridgehead atoms. The molecule has 4 heterocycles. The lowest BCUT2D eigenvalue weighted by molar-refractivity contribution is 0.0491. The fourth-order valence-corrected chi connectivity index (χ4v) is 5.65. The van der Waals surface area contributed by atoms with Crippen molar-refractivity contribution in [3.8, 4) is 0 Å². The number of likely N-dealkylation sites (tertiary alicyclic amines) is 1. The second-order valence-electron chi connectivity index (χ2n) is 9.58. The number of rotatable bonds is 7. The van der Waals surface area contributed by atoms with E-state index in [0.717, 1.165) is 38.9 Å². The van der Waals surface area contributed by atoms with Crippen LogP contribution in [-0.4, -0.2) is 88.2 Å². The van der Waals surface area contributed by atoms with Gasteiger partial charge in [0.1, 0.15) is 22.5 Å².